The number of likely N-dealkylation sites (N-methyl/N-ethyl adjacent to an activating group) is 1. The largest absolute Gasteiger partial charge is 0.496 e. The highest BCUT2D eigenvalue weighted by molar-refractivity contribution is 5.96. The molecule has 2 bridgehead atoms. The van der Waals surface area contributed by atoms with Crippen molar-refractivity contribution >= 4 is 40.4 Å². The summed E-state index contributed by atoms with van der Waals surface area (Å²) in [5.74, 6) is -3.68. The number of esters is 3. The normalized spacial score (nSPS) is 36.2. The lowest BCUT2D eigenvalue weighted by molar-refractivity contribution is -0.228. The van der Waals surface area contributed by atoms with Gasteiger partial charge < -0.3 is 49.1 Å². The Morgan fingerprint density at radius 1 is 0.967 bits per heavy atom. The average molecular weight is 841 g/mol. The minimum Gasteiger partial charge on any atom is -0.496 e. The highest BCUT2D eigenvalue weighted by Crippen LogP contribution is 2.68. The van der Waals surface area contributed by atoms with Gasteiger partial charge in [0.2, 0.25) is 11.5 Å². The maximum atomic E-state index is 15.3. The van der Waals surface area contributed by atoms with Gasteiger partial charge in [-0.05, 0) is 61.9 Å². The molecule has 15 heteroatoms. The fraction of sp³-hybridized carbons (Fsp3) is 0.565. The molecule has 6 heterocycles. The molecular formula is C46H56N4O11. The molecule has 3 aromatic rings. The number of carbonyl (C=O) groups is 4. The molecule has 1 aromatic heterocycles. The number of para-hydroxylation sites is 1. The van der Waals surface area contributed by atoms with Crippen molar-refractivity contribution in [1.29, 1.82) is 0 Å². The summed E-state index contributed by atoms with van der Waals surface area (Å²) in [4.78, 5) is 66.7. The van der Waals surface area contributed by atoms with Crippen LogP contribution in [0.5, 0.6) is 5.75 Å². The molecule has 5 aliphatic heterocycles. The SMILES string of the molecule is CCC1(O)CN2CCc3c([nH]c4ccccc34)C(C(=O)OC)(c3cc4c(cc3OC)N(C)C3C(O)(C(=O)OC)C(OC(C)=O)C5(CC)C=CCN6CCC43C65)CC(C2=O)C1O. The Hall–Kier alpha value is -4.96. The van der Waals surface area contributed by atoms with Crippen LogP contribution in [-0.4, -0.2) is 144 Å². The van der Waals surface area contributed by atoms with Crippen LogP contribution in [0.15, 0.2) is 48.6 Å². The first-order chi connectivity index (χ1) is 29.1. The van der Waals surface area contributed by atoms with Crippen molar-refractivity contribution < 1.29 is 53.4 Å². The van der Waals surface area contributed by atoms with E-state index < -0.39 is 75.6 Å². The number of hydrogen-bond donors (Lipinski definition) is 4. The molecule has 6 aliphatic rings. The van der Waals surface area contributed by atoms with Crippen LogP contribution in [0.1, 0.15) is 68.8 Å². The molecule has 3 fully saturated rings. The fourth-order valence-electron chi connectivity index (χ4n) is 13.3. The maximum Gasteiger partial charge on any atom is 0.344 e. The van der Waals surface area contributed by atoms with Gasteiger partial charge in [0.05, 0.1) is 45.9 Å². The molecule has 2 aromatic carbocycles. The van der Waals surface area contributed by atoms with Crippen molar-refractivity contribution in [1.82, 2.24) is 14.8 Å². The van der Waals surface area contributed by atoms with E-state index in [9.17, 15) is 29.7 Å². The summed E-state index contributed by atoms with van der Waals surface area (Å²) in [6.45, 7) is 6.31. The second-order valence-corrected chi connectivity index (χ2v) is 18.1. The van der Waals surface area contributed by atoms with E-state index in [1.54, 1.807) is 24.9 Å². The summed E-state index contributed by atoms with van der Waals surface area (Å²) < 4.78 is 23.6. The molecule has 1 spiro atoms. The van der Waals surface area contributed by atoms with Gasteiger partial charge in [-0.15, -0.1) is 0 Å². The van der Waals surface area contributed by atoms with Crippen LogP contribution in [0.25, 0.3) is 10.9 Å². The third-order valence-corrected chi connectivity index (χ3v) is 15.8. The molecule has 326 valence electrons. The summed E-state index contributed by atoms with van der Waals surface area (Å²) in [7, 11) is 5.78. The minimum atomic E-state index is -2.39. The number of fused-ring (bicyclic) bond motifs is 6. The summed E-state index contributed by atoms with van der Waals surface area (Å²) in [6, 6.07) is 9.99. The van der Waals surface area contributed by atoms with Gasteiger partial charge in [-0.3, -0.25) is 19.3 Å². The molecule has 9 rings (SSSR count). The van der Waals surface area contributed by atoms with Gasteiger partial charge in [-0.2, -0.15) is 0 Å². The number of benzene rings is 2. The van der Waals surface area contributed by atoms with Crippen LogP contribution in [0.3, 0.4) is 0 Å². The lowest BCUT2D eigenvalue weighted by Gasteiger charge is -2.63. The number of aromatic amines is 1. The number of aliphatic hydroxyl groups excluding tert-OH is 1. The van der Waals surface area contributed by atoms with Crippen LogP contribution in [0, 0.1) is 11.3 Å². The molecule has 15 nitrogen and oxygen atoms in total. The van der Waals surface area contributed by atoms with E-state index >= 15 is 4.79 Å². The molecule has 2 saturated heterocycles. The van der Waals surface area contributed by atoms with Crippen molar-refractivity contribution in [2.24, 2.45) is 11.3 Å². The van der Waals surface area contributed by atoms with E-state index in [4.69, 9.17) is 18.9 Å². The Labute approximate surface area is 354 Å². The number of aliphatic hydroxyl groups is 3. The third-order valence-electron chi connectivity index (χ3n) is 15.8. The highest BCUT2D eigenvalue weighted by Gasteiger charge is 2.80. The van der Waals surface area contributed by atoms with Gasteiger partial charge in [-0.25, -0.2) is 4.79 Å². The molecule has 1 saturated carbocycles. The minimum absolute atomic E-state index is 0.0652. The summed E-state index contributed by atoms with van der Waals surface area (Å²) >= 11 is 0. The number of anilines is 1. The van der Waals surface area contributed by atoms with Gasteiger partial charge >= 0.3 is 17.9 Å². The topological polar surface area (TPSA) is 191 Å². The first kappa shape index (κ1) is 41.4. The van der Waals surface area contributed by atoms with Crippen molar-refractivity contribution in [2.75, 3.05) is 59.5 Å². The molecule has 0 radical (unpaired) electrons. The van der Waals surface area contributed by atoms with E-state index in [1.807, 2.05) is 54.3 Å². The van der Waals surface area contributed by atoms with Crippen molar-refractivity contribution in [3.05, 3.63) is 70.9 Å². The number of amides is 1. The Kier molecular flexibility index (Phi) is 9.52. The first-order valence-corrected chi connectivity index (χ1v) is 21.3. The smallest absolute Gasteiger partial charge is 0.344 e. The van der Waals surface area contributed by atoms with E-state index in [1.165, 1.54) is 28.3 Å². The van der Waals surface area contributed by atoms with Crippen LogP contribution in [-0.2, 0) is 50.6 Å². The summed E-state index contributed by atoms with van der Waals surface area (Å²) in [6.07, 6.45) is 2.18. The quantitative estimate of drug-likeness (QED) is 0.154. The lowest BCUT2D eigenvalue weighted by Crippen LogP contribution is -2.81. The lowest BCUT2D eigenvalue weighted by atomic mass is 9.47. The van der Waals surface area contributed by atoms with Crippen molar-refractivity contribution in [3.63, 3.8) is 0 Å². The number of methoxy groups -OCH3 is 3. The average Bonchev–Trinajstić information content (AvgIpc) is 3.92. The zero-order valence-corrected chi connectivity index (χ0v) is 35.8. The zero-order valence-electron chi connectivity index (χ0n) is 35.8. The molecular weight excluding hydrogens is 785 g/mol. The molecule has 61 heavy (non-hydrogen) atoms. The van der Waals surface area contributed by atoms with E-state index in [0.29, 0.717) is 49.3 Å². The van der Waals surface area contributed by atoms with E-state index in [0.717, 1.165) is 22.0 Å². The monoisotopic (exact) mass is 840 g/mol. The van der Waals surface area contributed by atoms with E-state index in [2.05, 4.69) is 9.88 Å². The van der Waals surface area contributed by atoms with Gasteiger partial charge in [0.25, 0.3) is 0 Å². The number of H-pyrrole nitrogens is 1. The number of piperidine rings is 1. The Morgan fingerprint density at radius 2 is 1.70 bits per heavy atom. The Bertz CT molecular complexity index is 2380. The predicted molar refractivity (Wildman–Crippen MR) is 222 cm³/mol. The number of nitrogens with one attached hydrogen (secondary N) is 1. The highest BCUT2D eigenvalue weighted by atomic mass is 16.6. The molecule has 1 amide bonds. The number of aromatic nitrogens is 1. The fourth-order valence-corrected chi connectivity index (χ4v) is 13.3. The summed E-state index contributed by atoms with van der Waals surface area (Å²) in [5.41, 5.74) is -4.27. The molecule has 10 atom stereocenters. The van der Waals surface area contributed by atoms with Crippen LogP contribution in [0.4, 0.5) is 5.69 Å². The summed E-state index contributed by atoms with van der Waals surface area (Å²) in [5, 5.41) is 38.2. The number of rotatable bonds is 7. The predicted octanol–water partition coefficient (Wildman–Crippen LogP) is 2.49. The van der Waals surface area contributed by atoms with E-state index in [-0.39, 0.29) is 37.6 Å². The van der Waals surface area contributed by atoms with Crippen molar-refractivity contribution in [3.8, 4) is 5.75 Å². The van der Waals surface area contributed by atoms with Gasteiger partial charge in [-0.1, -0.05) is 44.2 Å². The number of carbonyl (C=O) groups excluding carboxylic acids is 4. The number of ether oxygens (including phenoxy) is 4. The second kappa shape index (κ2) is 14.0. The third kappa shape index (κ3) is 5.11. The number of nitrogens with zero attached hydrogens (tertiary/aromatic N) is 3. The zero-order chi connectivity index (χ0) is 43.6. The second-order valence-electron chi connectivity index (χ2n) is 18.1. The first-order valence-electron chi connectivity index (χ1n) is 21.3. The number of hydrogen-bond acceptors (Lipinski definition) is 13. The van der Waals surface area contributed by atoms with Gasteiger partial charge in [0, 0.05) is 77.8 Å². The Morgan fingerprint density at radius 3 is 2.38 bits per heavy atom. The standard InChI is InChI=1S/C46H56N4O11/c1-8-42-16-12-18-49-20-17-44(37(42)49)29-21-30(33(58-5)22-32(29)48(4)38(44)46(57,41(55)60-7)39(42)61-25(3)51)45(40(54)59-6)23-28-35(52)43(56,9-2)24-50(36(28)53)19-15-27-26-13-10-11-14-31(26)47-34(27)45/h10-14,16,21-22,28,35,37-39,47,52,56-57H,8-9,15,17-20,23-24H2,1-7H3. The molecule has 1 aliphatic carbocycles. The van der Waals surface area contributed by atoms with Crippen LogP contribution < -0.4 is 9.64 Å². The maximum absolute atomic E-state index is 15.3. The Balaban J connectivity index is 1.38. The molecule has 4 N–H and O–H groups in total. The van der Waals surface area contributed by atoms with Crippen LogP contribution in [0.2, 0.25) is 0 Å². The molecule has 10 unspecified atom stereocenters. The van der Waals surface area contributed by atoms with Gasteiger partial charge in [0.15, 0.2) is 6.10 Å². The van der Waals surface area contributed by atoms with Crippen molar-refractivity contribution in [2.45, 2.75) is 99.2 Å². The van der Waals surface area contributed by atoms with Gasteiger partial charge in [0.1, 0.15) is 16.8 Å². The van der Waals surface area contributed by atoms with Crippen LogP contribution >= 0.6 is 0 Å².